The lowest BCUT2D eigenvalue weighted by atomic mass is 9.91. The zero-order valence-corrected chi connectivity index (χ0v) is 14.9. The maximum absolute atomic E-state index is 10.9. The second-order valence-corrected chi connectivity index (χ2v) is 6.61. The molecule has 0 fully saturated rings. The predicted molar refractivity (Wildman–Crippen MR) is 108 cm³/mol. The van der Waals surface area contributed by atoms with Gasteiger partial charge >= 0.3 is 0 Å². The summed E-state index contributed by atoms with van der Waals surface area (Å²) in [5.41, 5.74) is 6.56. The molecule has 3 N–H and O–H groups in total. The second-order valence-electron chi connectivity index (χ2n) is 6.61. The molecule has 0 aliphatic heterocycles. The zero-order chi connectivity index (χ0) is 18.3. The van der Waals surface area contributed by atoms with E-state index in [2.05, 4.69) is 0 Å². The number of rotatable bonds is 2. The van der Waals surface area contributed by atoms with Crippen molar-refractivity contribution >= 4 is 0 Å². The van der Waals surface area contributed by atoms with Crippen LogP contribution in [0.5, 0.6) is 17.2 Å². The molecule has 3 rings (SSSR count). The van der Waals surface area contributed by atoms with Crippen molar-refractivity contribution in [2.45, 2.75) is 35.1 Å². The summed E-state index contributed by atoms with van der Waals surface area (Å²) in [4.78, 5) is 0. The number of aryl methyl sites for hydroxylation is 4. The molecule has 0 bridgehead atoms. The molecule has 3 heteroatoms. The molecule has 136 valence electrons. The maximum Gasteiger partial charge on any atom is 0.131 e. The minimum atomic E-state index is 0. The van der Waals surface area contributed by atoms with Crippen molar-refractivity contribution in [2.24, 2.45) is 0 Å². The van der Waals surface area contributed by atoms with Crippen molar-refractivity contribution in [3.63, 3.8) is 0 Å². The molecule has 0 spiro atoms. The molecular weight excluding hydrogens is 324 g/mol. The fraction of sp³-hybridized carbons (Fsp3) is 0.217. The van der Waals surface area contributed by atoms with Crippen LogP contribution in [0.3, 0.4) is 0 Å². The van der Waals surface area contributed by atoms with Crippen molar-refractivity contribution in [2.75, 3.05) is 0 Å². The highest BCUT2D eigenvalue weighted by Crippen LogP contribution is 2.42. The molecule has 0 saturated carbocycles. The van der Waals surface area contributed by atoms with Crippen molar-refractivity contribution < 1.29 is 15.3 Å². The molecule has 0 radical (unpaired) electrons. The summed E-state index contributed by atoms with van der Waals surface area (Å²) < 4.78 is 0. The highest BCUT2D eigenvalue weighted by Gasteiger charge is 2.16. The van der Waals surface area contributed by atoms with E-state index in [0.717, 1.165) is 44.5 Å². The monoisotopic (exact) mass is 350 g/mol. The molecule has 0 aliphatic carbocycles. The Balaban J connectivity index is 0.00000243. The van der Waals surface area contributed by atoms with Gasteiger partial charge < -0.3 is 15.3 Å². The number of para-hydroxylation sites is 1. The Morgan fingerprint density at radius 3 is 1.31 bits per heavy atom. The minimum absolute atomic E-state index is 0. The van der Waals surface area contributed by atoms with Crippen LogP contribution in [-0.4, -0.2) is 15.3 Å². The molecule has 3 aromatic carbocycles. The first-order valence-electron chi connectivity index (χ1n) is 8.22. The average molecular weight is 350 g/mol. The number of aromatic hydroxyl groups is 3. The Morgan fingerprint density at radius 1 is 0.538 bits per heavy atom. The van der Waals surface area contributed by atoms with Gasteiger partial charge in [-0.2, -0.15) is 0 Å². The lowest BCUT2D eigenvalue weighted by molar-refractivity contribution is 0.470. The smallest absolute Gasteiger partial charge is 0.131 e. The summed E-state index contributed by atoms with van der Waals surface area (Å²) in [6, 6.07) is 12.9. The van der Waals surface area contributed by atoms with Gasteiger partial charge in [0.05, 0.1) is 0 Å². The van der Waals surface area contributed by atoms with Crippen LogP contribution < -0.4 is 0 Å². The SMILES string of the molecule is C.Cc1cc(-c2cccc(-c3cc(C)c(O)cc3C)c2O)c(C)cc1O. The van der Waals surface area contributed by atoms with Gasteiger partial charge in [-0.05, 0) is 85.3 Å². The van der Waals surface area contributed by atoms with E-state index in [0.29, 0.717) is 0 Å². The second kappa shape index (κ2) is 7.12. The first-order chi connectivity index (χ1) is 11.8. The Morgan fingerprint density at radius 2 is 0.923 bits per heavy atom. The number of phenols is 3. The molecule has 0 heterocycles. The van der Waals surface area contributed by atoms with Crippen LogP contribution in [0.1, 0.15) is 29.7 Å². The van der Waals surface area contributed by atoms with Gasteiger partial charge in [0.25, 0.3) is 0 Å². The van der Waals surface area contributed by atoms with Gasteiger partial charge in [-0.3, -0.25) is 0 Å². The van der Waals surface area contributed by atoms with E-state index in [4.69, 9.17) is 0 Å². The van der Waals surface area contributed by atoms with Gasteiger partial charge in [-0.25, -0.2) is 0 Å². The normalized spacial score (nSPS) is 10.5. The van der Waals surface area contributed by atoms with Gasteiger partial charge in [-0.1, -0.05) is 25.6 Å². The Kier molecular flexibility index (Phi) is 5.31. The molecule has 0 atom stereocenters. The van der Waals surface area contributed by atoms with Crippen molar-refractivity contribution in [3.05, 3.63) is 64.7 Å². The van der Waals surface area contributed by atoms with E-state index < -0.39 is 0 Å². The molecule has 0 aliphatic rings. The molecule has 0 saturated heterocycles. The van der Waals surface area contributed by atoms with Gasteiger partial charge in [0.15, 0.2) is 0 Å². The summed E-state index contributed by atoms with van der Waals surface area (Å²) in [5.74, 6) is 0.702. The summed E-state index contributed by atoms with van der Waals surface area (Å²) in [5, 5.41) is 30.7. The number of phenolic OH excluding ortho intramolecular Hbond substituents is 3. The van der Waals surface area contributed by atoms with E-state index >= 15 is 0 Å². The summed E-state index contributed by atoms with van der Waals surface area (Å²) >= 11 is 0. The van der Waals surface area contributed by atoms with Crippen LogP contribution in [0, 0.1) is 27.7 Å². The van der Waals surface area contributed by atoms with Crippen LogP contribution in [0.4, 0.5) is 0 Å². The highest BCUT2D eigenvalue weighted by molar-refractivity contribution is 5.85. The quantitative estimate of drug-likeness (QED) is 0.530. The Labute approximate surface area is 155 Å². The fourth-order valence-electron chi connectivity index (χ4n) is 3.16. The zero-order valence-electron chi connectivity index (χ0n) is 14.9. The van der Waals surface area contributed by atoms with Gasteiger partial charge in [-0.15, -0.1) is 0 Å². The standard InChI is InChI=1S/C22H22O3.CH4/c1-12-10-20(23)14(3)8-18(12)16-6-5-7-17(22(16)25)19-9-15(4)21(24)11-13(19)2;/h5-11,23-25H,1-4H3;1H4. The first-order valence-corrected chi connectivity index (χ1v) is 8.22. The molecule has 3 nitrogen and oxygen atoms in total. The maximum atomic E-state index is 10.9. The Bertz CT molecular complexity index is 896. The summed E-state index contributed by atoms with van der Waals surface area (Å²) in [6.07, 6.45) is 0. The molecule has 26 heavy (non-hydrogen) atoms. The average Bonchev–Trinajstić information content (AvgIpc) is 2.55. The predicted octanol–water partition coefficient (Wildman–Crippen LogP) is 6.01. The van der Waals surface area contributed by atoms with Crippen LogP contribution in [0.2, 0.25) is 0 Å². The van der Waals surface area contributed by atoms with Crippen molar-refractivity contribution in [1.29, 1.82) is 0 Å². The Hall–Kier alpha value is -2.94. The summed E-state index contributed by atoms with van der Waals surface area (Å²) in [6.45, 7) is 7.51. The van der Waals surface area contributed by atoms with Gasteiger partial charge in [0.1, 0.15) is 17.2 Å². The van der Waals surface area contributed by atoms with Crippen molar-refractivity contribution in [3.8, 4) is 39.5 Å². The largest absolute Gasteiger partial charge is 0.508 e. The minimum Gasteiger partial charge on any atom is -0.508 e. The van der Waals surface area contributed by atoms with Gasteiger partial charge in [0.2, 0.25) is 0 Å². The van der Waals surface area contributed by atoms with Crippen LogP contribution in [-0.2, 0) is 0 Å². The molecule has 3 aromatic rings. The van der Waals surface area contributed by atoms with Gasteiger partial charge in [0, 0.05) is 11.1 Å². The fourth-order valence-corrected chi connectivity index (χ4v) is 3.16. The first kappa shape index (κ1) is 19.4. The highest BCUT2D eigenvalue weighted by atomic mass is 16.3. The third kappa shape index (κ3) is 3.25. The molecular formula is C23H26O3. The van der Waals surface area contributed by atoms with Crippen LogP contribution in [0.15, 0.2) is 42.5 Å². The molecule has 0 aromatic heterocycles. The topological polar surface area (TPSA) is 60.7 Å². The van der Waals surface area contributed by atoms with E-state index in [1.165, 1.54) is 0 Å². The molecule has 0 unspecified atom stereocenters. The van der Waals surface area contributed by atoms with Crippen molar-refractivity contribution in [1.82, 2.24) is 0 Å². The third-order valence-electron chi connectivity index (χ3n) is 4.70. The van der Waals surface area contributed by atoms with Crippen LogP contribution >= 0.6 is 0 Å². The lowest BCUT2D eigenvalue weighted by Crippen LogP contribution is -1.91. The van der Waals surface area contributed by atoms with E-state index in [1.807, 2.05) is 58.0 Å². The molecule has 0 amide bonds. The number of hydrogen-bond donors (Lipinski definition) is 3. The number of benzene rings is 3. The van der Waals surface area contributed by atoms with E-state index in [1.54, 1.807) is 12.1 Å². The summed E-state index contributed by atoms with van der Waals surface area (Å²) in [7, 11) is 0. The third-order valence-corrected chi connectivity index (χ3v) is 4.70. The van der Waals surface area contributed by atoms with E-state index in [-0.39, 0.29) is 24.7 Å². The van der Waals surface area contributed by atoms with E-state index in [9.17, 15) is 15.3 Å². The lowest BCUT2D eigenvalue weighted by Gasteiger charge is -2.15. The van der Waals surface area contributed by atoms with Crippen LogP contribution in [0.25, 0.3) is 22.3 Å². The number of hydrogen-bond acceptors (Lipinski definition) is 3.